The second-order valence-electron chi connectivity index (χ2n) is 7.82. The third-order valence-electron chi connectivity index (χ3n) is 5.16. The van der Waals surface area contributed by atoms with Crippen molar-refractivity contribution in [3.05, 3.63) is 35.9 Å². The number of halogens is 1. The van der Waals surface area contributed by atoms with Crippen LogP contribution >= 0.6 is 24.0 Å². The molecule has 7 heteroatoms. The van der Waals surface area contributed by atoms with E-state index in [1.807, 2.05) is 13.1 Å². The summed E-state index contributed by atoms with van der Waals surface area (Å²) in [5.74, 6) is 0.867. The highest BCUT2D eigenvalue weighted by Gasteiger charge is 2.28. The van der Waals surface area contributed by atoms with Gasteiger partial charge in [-0.15, -0.1) is 24.0 Å². The van der Waals surface area contributed by atoms with Crippen molar-refractivity contribution in [2.75, 3.05) is 59.7 Å². The molecule has 0 aliphatic carbocycles. The second kappa shape index (κ2) is 15.0. The Balaban J connectivity index is 0.00000420. The quantitative estimate of drug-likeness (QED) is 0.204. The first-order valence-corrected chi connectivity index (χ1v) is 10.5. The number of guanidine groups is 1. The molecule has 6 nitrogen and oxygen atoms in total. The van der Waals surface area contributed by atoms with E-state index >= 15 is 0 Å². The van der Waals surface area contributed by atoms with Crippen LogP contribution in [0.2, 0.25) is 0 Å². The summed E-state index contributed by atoms with van der Waals surface area (Å²) >= 11 is 0. The third-order valence-corrected chi connectivity index (χ3v) is 5.16. The Morgan fingerprint density at radius 2 is 1.83 bits per heavy atom. The fraction of sp³-hybridized carbons (Fsp3) is 0.682. The molecule has 0 bridgehead atoms. The fourth-order valence-electron chi connectivity index (χ4n) is 3.27. The van der Waals surface area contributed by atoms with E-state index in [4.69, 9.17) is 9.47 Å². The Morgan fingerprint density at radius 3 is 2.52 bits per heavy atom. The zero-order valence-corrected chi connectivity index (χ0v) is 20.6. The lowest BCUT2D eigenvalue weighted by molar-refractivity contribution is -0.00833. The maximum Gasteiger partial charge on any atom is 0.191 e. The molecular formula is C22H39IN4O2. The number of nitrogens with zero attached hydrogens (tertiary/aromatic N) is 2. The van der Waals surface area contributed by atoms with Crippen LogP contribution < -0.4 is 10.6 Å². The molecule has 0 amide bonds. The highest BCUT2D eigenvalue weighted by molar-refractivity contribution is 14.0. The van der Waals surface area contributed by atoms with Gasteiger partial charge in [-0.3, -0.25) is 9.89 Å². The molecule has 166 valence electrons. The molecule has 1 aromatic carbocycles. The van der Waals surface area contributed by atoms with Gasteiger partial charge in [0.1, 0.15) is 0 Å². The predicted octanol–water partition coefficient (Wildman–Crippen LogP) is 2.92. The highest BCUT2D eigenvalue weighted by atomic mass is 127. The summed E-state index contributed by atoms with van der Waals surface area (Å²) in [5, 5.41) is 6.86. The molecule has 0 unspecified atom stereocenters. The number of aliphatic imine (C=N–C) groups is 1. The number of ether oxygens (including phenoxy) is 2. The third kappa shape index (κ3) is 10.6. The van der Waals surface area contributed by atoms with Crippen LogP contribution in [0.5, 0.6) is 0 Å². The van der Waals surface area contributed by atoms with Gasteiger partial charge in [0, 0.05) is 45.4 Å². The molecule has 0 radical (unpaired) electrons. The Hall–Kier alpha value is -0.900. The lowest BCUT2D eigenvalue weighted by Crippen LogP contribution is -2.56. The van der Waals surface area contributed by atoms with E-state index < -0.39 is 0 Å². The van der Waals surface area contributed by atoms with Crippen molar-refractivity contribution in [2.24, 2.45) is 4.99 Å². The first-order chi connectivity index (χ1) is 13.6. The molecule has 1 aliphatic rings. The van der Waals surface area contributed by atoms with E-state index in [0.717, 1.165) is 77.8 Å². The molecule has 1 aromatic rings. The van der Waals surface area contributed by atoms with Gasteiger partial charge < -0.3 is 20.1 Å². The summed E-state index contributed by atoms with van der Waals surface area (Å²) < 4.78 is 11.2. The van der Waals surface area contributed by atoms with Crippen LogP contribution in [0.3, 0.4) is 0 Å². The van der Waals surface area contributed by atoms with Crippen molar-refractivity contribution < 1.29 is 9.47 Å². The number of hydrogen-bond donors (Lipinski definition) is 2. The van der Waals surface area contributed by atoms with Crippen LogP contribution in [0, 0.1) is 0 Å². The molecule has 29 heavy (non-hydrogen) atoms. The first kappa shape index (κ1) is 26.1. The Morgan fingerprint density at radius 1 is 1.10 bits per heavy atom. The SMILES string of the molecule is CN=C(NCCCCOCCc1ccccc1)NCC(C)(C)N1CCOCC1.I. The lowest BCUT2D eigenvalue weighted by Gasteiger charge is -2.41. The maximum absolute atomic E-state index is 5.74. The van der Waals surface area contributed by atoms with Crippen LogP contribution in [-0.2, 0) is 15.9 Å². The summed E-state index contributed by atoms with van der Waals surface area (Å²) in [6.07, 6.45) is 3.10. The minimum Gasteiger partial charge on any atom is -0.381 e. The van der Waals surface area contributed by atoms with E-state index in [1.165, 1.54) is 5.56 Å². The Kier molecular flexibility index (Phi) is 13.5. The molecular weight excluding hydrogens is 479 g/mol. The topological polar surface area (TPSA) is 58.1 Å². The average molecular weight is 518 g/mol. The van der Waals surface area contributed by atoms with Gasteiger partial charge in [-0.1, -0.05) is 30.3 Å². The Labute approximate surface area is 193 Å². The van der Waals surface area contributed by atoms with Crippen LogP contribution in [0.1, 0.15) is 32.3 Å². The standard InChI is InChI=1S/C22H38N4O2.HI/c1-22(2,26-13-17-28-18-14-26)19-25-21(23-3)24-12-7-8-15-27-16-11-20-9-5-4-6-10-20;/h4-6,9-10H,7-8,11-19H2,1-3H3,(H2,23,24,25);1H. The molecule has 1 fully saturated rings. The summed E-state index contributed by atoms with van der Waals surface area (Å²) in [5.41, 5.74) is 1.41. The average Bonchev–Trinajstić information content (AvgIpc) is 2.73. The molecule has 0 atom stereocenters. The normalized spacial score (nSPS) is 15.6. The van der Waals surface area contributed by atoms with Gasteiger partial charge >= 0.3 is 0 Å². The van der Waals surface area contributed by atoms with Gasteiger partial charge in [0.15, 0.2) is 5.96 Å². The molecule has 1 heterocycles. The molecule has 0 aromatic heterocycles. The summed E-state index contributed by atoms with van der Waals surface area (Å²) in [4.78, 5) is 6.81. The van der Waals surface area contributed by atoms with Gasteiger partial charge in [0.2, 0.25) is 0 Å². The van der Waals surface area contributed by atoms with Crippen LogP contribution in [0.15, 0.2) is 35.3 Å². The zero-order valence-electron chi connectivity index (χ0n) is 18.3. The van der Waals surface area contributed by atoms with Gasteiger partial charge in [0.05, 0.1) is 19.8 Å². The minimum absolute atomic E-state index is 0. The fourth-order valence-corrected chi connectivity index (χ4v) is 3.27. The predicted molar refractivity (Wildman–Crippen MR) is 131 cm³/mol. The van der Waals surface area contributed by atoms with Crippen molar-refractivity contribution in [3.63, 3.8) is 0 Å². The summed E-state index contributed by atoms with van der Waals surface area (Å²) in [7, 11) is 1.82. The first-order valence-electron chi connectivity index (χ1n) is 10.5. The maximum atomic E-state index is 5.74. The largest absolute Gasteiger partial charge is 0.381 e. The van der Waals surface area contributed by atoms with Crippen LogP contribution in [0.25, 0.3) is 0 Å². The number of benzene rings is 1. The molecule has 1 aliphatic heterocycles. The molecule has 1 saturated heterocycles. The number of nitrogens with one attached hydrogen (secondary N) is 2. The van der Waals surface area contributed by atoms with Gasteiger partial charge in [-0.25, -0.2) is 0 Å². The van der Waals surface area contributed by atoms with Crippen molar-refractivity contribution in [3.8, 4) is 0 Å². The Bertz CT molecular complexity index is 563. The van der Waals surface area contributed by atoms with E-state index in [-0.39, 0.29) is 29.5 Å². The monoisotopic (exact) mass is 518 g/mol. The number of morpholine rings is 1. The number of hydrogen-bond acceptors (Lipinski definition) is 4. The highest BCUT2D eigenvalue weighted by Crippen LogP contribution is 2.14. The summed E-state index contributed by atoms with van der Waals surface area (Å²) in [6.45, 7) is 11.5. The zero-order chi connectivity index (χ0) is 20.1. The smallest absolute Gasteiger partial charge is 0.191 e. The second-order valence-corrected chi connectivity index (χ2v) is 7.82. The van der Waals surface area contributed by atoms with Gasteiger partial charge in [-0.05, 0) is 38.7 Å². The van der Waals surface area contributed by atoms with E-state index in [1.54, 1.807) is 0 Å². The van der Waals surface area contributed by atoms with E-state index in [2.05, 4.69) is 58.6 Å². The van der Waals surface area contributed by atoms with Crippen LogP contribution in [0.4, 0.5) is 0 Å². The van der Waals surface area contributed by atoms with Crippen molar-refractivity contribution in [1.82, 2.24) is 15.5 Å². The minimum atomic E-state index is 0. The van der Waals surface area contributed by atoms with Gasteiger partial charge in [-0.2, -0.15) is 0 Å². The molecule has 0 saturated carbocycles. The summed E-state index contributed by atoms with van der Waals surface area (Å²) in [6, 6.07) is 10.5. The van der Waals surface area contributed by atoms with Crippen molar-refractivity contribution >= 4 is 29.9 Å². The van der Waals surface area contributed by atoms with Crippen molar-refractivity contribution in [2.45, 2.75) is 38.6 Å². The van der Waals surface area contributed by atoms with Crippen molar-refractivity contribution in [1.29, 1.82) is 0 Å². The molecule has 2 N–H and O–H groups in total. The lowest BCUT2D eigenvalue weighted by atomic mass is 10.0. The number of unbranched alkanes of at least 4 members (excludes halogenated alkanes) is 1. The van der Waals surface area contributed by atoms with E-state index in [9.17, 15) is 0 Å². The van der Waals surface area contributed by atoms with Gasteiger partial charge in [0.25, 0.3) is 0 Å². The van der Waals surface area contributed by atoms with E-state index in [0.29, 0.717) is 0 Å². The molecule has 2 rings (SSSR count). The number of rotatable bonds is 11. The molecule has 0 spiro atoms. The van der Waals surface area contributed by atoms with Crippen LogP contribution in [-0.4, -0.2) is 76.1 Å².